The first-order chi connectivity index (χ1) is 14.4. The first-order valence-electron chi connectivity index (χ1n) is 8.95. The highest BCUT2D eigenvalue weighted by atomic mass is 35.5. The van der Waals surface area contributed by atoms with Gasteiger partial charge in [-0.3, -0.25) is 10.2 Å². The van der Waals surface area contributed by atoms with Gasteiger partial charge in [0.1, 0.15) is 6.04 Å². The first kappa shape index (κ1) is 24.3. The standard InChI is InChI=1S/C18H19Cl2N3O5S3/c1-11-2-4-13(5-3-11)30(25,26)22-21-18(24)17-8-12(29)10-23(17)31(27,28)14-6-7-15(19)16(20)9-14/h2-7,9,12,17,22,29H,8,10H2,1H3,(H,21,24)/t12-,17+/m1/s1. The number of sulfonamides is 2. The molecule has 168 valence electrons. The molecule has 2 N–H and O–H groups in total. The van der Waals surface area contributed by atoms with E-state index in [1.165, 1.54) is 30.3 Å². The maximum atomic E-state index is 13.1. The minimum absolute atomic E-state index is 0.0332. The Morgan fingerprint density at radius 2 is 1.65 bits per heavy atom. The molecule has 0 bridgehead atoms. The topological polar surface area (TPSA) is 113 Å². The number of benzene rings is 2. The number of carbonyl (C=O) groups is 1. The van der Waals surface area contributed by atoms with Gasteiger partial charge in [-0.15, -0.1) is 4.83 Å². The molecule has 0 spiro atoms. The normalized spacial score (nSPS) is 20.0. The van der Waals surface area contributed by atoms with Crippen LogP contribution in [0.15, 0.2) is 52.3 Å². The summed E-state index contributed by atoms with van der Waals surface area (Å²) in [5.41, 5.74) is 2.98. The number of hydrogen-bond acceptors (Lipinski definition) is 6. The Morgan fingerprint density at radius 3 is 2.26 bits per heavy atom. The zero-order valence-electron chi connectivity index (χ0n) is 16.1. The largest absolute Gasteiger partial charge is 0.276 e. The smallest absolute Gasteiger partial charge is 0.257 e. The van der Waals surface area contributed by atoms with Gasteiger partial charge in [-0.1, -0.05) is 40.9 Å². The monoisotopic (exact) mass is 523 g/mol. The molecule has 2 aromatic carbocycles. The maximum Gasteiger partial charge on any atom is 0.257 e. The molecule has 13 heteroatoms. The summed E-state index contributed by atoms with van der Waals surface area (Å²) >= 11 is 16.1. The molecule has 2 atom stereocenters. The lowest BCUT2D eigenvalue weighted by Crippen LogP contribution is -2.51. The maximum absolute atomic E-state index is 13.1. The second-order valence-corrected chi connectivity index (χ2v) is 12.1. The van der Waals surface area contributed by atoms with E-state index < -0.39 is 37.2 Å². The molecule has 1 heterocycles. The summed E-state index contributed by atoms with van der Waals surface area (Å²) in [5, 5.41) is -0.174. The van der Waals surface area contributed by atoms with Gasteiger partial charge < -0.3 is 0 Å². The summed E-state index contributed by atoms with van der Waals surface area (Å²) in [6.07, 6.45) is 0.0990. The minimum atomic E-state index is -4.11. The summed E-state index contributed by atoms with van der Waals surface area (Å²) in [6.45, 7) is 1.77. The molecule has 0 unspecified atom stereocenters. The zero-order chi connectivity index (χ0) is 23.0. The van der Waals surface area contributed by atoms with E-state index in [9.17, 15) is 21.6 Å². The van der Waals surface area contributed by atoms with Gasteiger partial charge in [0.05, 0.1) is 19.8 Å². The number of amides is 1. The summed E-state index contributed by atoms with van der Waals surface area (Å²) in [5.74, 6) is -0.823. The van der Waals surface area contributed by atoms with Crippen molar-refractivity contribution in [2.24, 2.45) is 0 Å². The van der Waals surface area contributed by atoms with E-state index >= 15 is 0 Å². The second kappa shape index (κ2) is 9.26. The molecule has 1 amide bonds. The van der Waals surface area contributed by atoms with Gasteiger partial charge in [-0.05, 0) is 43.7 Å². The highest BCUT2D eigenvalue weighted by molar-refractivity contribution is 7.89. The van der Waals surface area contributed by atoms with E-state index in [2.05, 4.69) is 18.1 Å². The van der Waals surface area contributed by atoms with Crippen LogP contribution in [-0.4, -0.2) is 44.9 Å². The van der Waals surface area contributed by atoms with Gasteiger partial charge in [0.2, 0.25) is 10.0 Å². The number of carbonyl (C=O) groups excluding carboxylic acids is 1. The molecular weight excluding hydrogens is 505 g/mol. The van der Waals surface area contributed by atoms with Crippen LogP contribution < -0.4 is 10.3 Å². The summed E-state index contributed by atoms with van der Waals surface area (Å²) in [6, 6.07) is 8.67. The average molecular weight is 524 g/mol. The van der Waals surface area contributed by atoms with Crippen LogP contribution in [0, 0.1) is 6.92 Å². The molecule has 8 nitrogen and oxygen atoms in total. The van der Waals surface area contributed by atoms with Crippen LogP contribution in [-0.2, 0) is 24.8 Å². The summed E-state index contributed by atoms with van der Waals surface area (Å²) < 4.78 is 51.9. The van der Waals surface area contributed by atoms with Crippen molar-refractivity contribution in [2.75, 3.05) is 6.54 Å². The third kappa shape index (κ3) is 5.36. The lowest BCUT2D eigenvalue weighted by atomic mass is 10.2. The van der Waals surface area contributed by atoms with Crippen LogP contribution in [0.5, 0.6) is 0 Å². The van der Waals surface area contributed by atoms with E-state index in [0.29, 0.717) is 0 Å². The highest BCUT2D eigenvalue weighted by Crippen LogP contribution is 2.31. The Bertz CT molecular complexity index is 1200. The molecule has 3 rings (SSSR count). The number of thiol groups is 1. The predicted molar refractivity (Wildman–Crippen MR) is 121 cm³/mol. The van der Waals surface area contributed by atoms with Gasteiger partial charge in [-0.25, -0.2) is 16.8 Å². The molecular formula is C18H19Cl2N3O5S3. The number of hydrogen-bond donors (Lipinski definition) is 3. The van der Waals surface area contributed by atoms with Crippen LogP contribution in [0.25, 0.3) is 0 Å². The molecule has 1 aliphatic heterocycles. The van der Waals surface area contributed by atoms with Gasteiger partial charge in [0.15, 0.2) is 0 Å². The van der Waals surface area contributed by atoms with Crippen LogP contribution >= 0.6 is 35.8 Å². The third-order valence-electron chi connectivity index (χ3n) is 4.67. The van der Waals surface area contributed by atoms with Crippen LogP contribution in [0.2, 0.25) is 10.0 Å². The Hall–Kier alpha value is -1.34. The number of hydrazine groups is 1. The second-order valence-electron chi connectivity index (χ2n) is 6.96. The van der Waals surface area contributed by atoms with Gasteiger partial charge in [0.25, 0.3) is 15.9 Å². The van der Waals surface area contributed by atoms with Crippen molar-refractivity contribution in [2.45, 2.75) is 34.4 Å². The van der Waals surface area contributed by atoms with Crippen LogP contribution in [0.4, 0.5) is 0 Å². The number of nitrogens with one attached hydrogen (secondary N) is 2. The van der Waals surface area contributed by atoms with Crippen molar-refractivity contribution >= 4 is 61.8 Å². The zero-order valence-corrected chi connectivity index (χ0v) is 20.2. The molecule has 0 aliphatic carbocycles. The minimum Gasteiger partial charge on any atom is -0.276 e. The van der Waals surface area contributed by atoms with Gasteiger partial charge in [0, 0.05) is 11.8 Å². The molecule has 2 aromatic rings. The summed E-state index contributed by atoms with van der Waals surface area (Å²) in [7, 11) is -8.14. The van der Waals surface area contributed by atoms with E-state index in [1.807, 2.05) is 11.8 Å². The van der Waals surface area contributed by atoms with Gasteiger partial charge in [-0.2, -0.15) is 16.9 Å². The van der Waals surface area contributed by atoms with Crippen LogP contribution in [0.3, 0.4) is 0 Å². The Balaban J connectivity index is 1.79. The van der Waals surface area contributed by atoms with Crippen molar-refractivity contribution in [3.05, 3.63) is 58.1 Å². The lowest BCUT2D eigenvalue weighted by molar-refractivity contribution is -0.124. The first-order valence-corrected chi connectivity index (χ1v) is 13.1. The van der Waals surface area contributed by atoms with Crippen molar-refractivity contribution in [3.63, 3.8) is 0 Å². The van der Waals surface area contributed by atoms with Crippen molar-refractivity contribution in [3.8, 4) is 0 Å². The molecule has 0 aromatic heterocycles. The molecule has 31 heavy (non-hydrogen) atoms. The van der Waals surface area contributed by atoms with E-state index in [-0.39, 0.29) is 32.8 Å². The Morgan fingerprint density at radius 1 is 1.03 bits per heavy atom. The van der Waals surface area contributed by atoms with Crippen molar-refractivity contribution in [1.82, 2.24) is 14.6 Å². The number of rotatable bonds is 6. The molecule has 1 aliphatic rings. The fourth-order valence-corrected chi connectivity index (χ4v) is 6.40. The van der Waals surface area contributed by atoms with E-state index in [4.69, 9.17) is 23.2 Å². The Kier molecular flexibility index (Phi) is 7.26. The number of halogens is 2. The summed E-state index contributed by atoms with van der Waals surface area (Å²) in [4.78, 5) is 14.5. The Labute approximate surface area is 196 Å². The fourth-order valence-electron chi connectivity index (χ4n) is 3.04. The van der Waals surface area contributed by atoms with Crippen LogP contribution in [0.1, 0.15) is 12.0 Å². The van der Waals surface area contributed by atoms with Crippen molar-refractivity contribution in [1.29, 1.82) is 0 Å². The molecule has 0 saturated carbocycles. The van der Waals surface area contributed by atoms with Gasteiger partial charge >= 0.3 is 0 Å². The molecule has 1 saturated heterocycles. The highest BCUT2D eigenvalue weighted by Gasteiger charge is 2.43. The fraction of sp³-hybridized carbons (Fsp3) is 0.278. The van der Waals surface area contributed by atoms with E-state index in [1.54, 1.807) is 12.1 Å². The van der Waals surface area contributed by atoms with E-state index in [0.717, 1.165) is 9.87 Å². The average Bonchev–Trinajstić information content (AvgIpc) is 3.11. The SMILES string of the molecule is Cc1ccc(S(=O)(=O)NNC(=O)[C@@H]2C[C@@H](S)CN2S(=O)(=O)c2ccc(Cl)c(Cl)c2)cc1. The third-order valence-corrected chi connectivity index (χ3v) is 8.92. The quantitative estimate of drug-likeness (QED) is 0.397. The number of aryl methyl sites for hydroxylation is 1. The molecule has 1 fully saturated rings. The molecule has 0 radical (unpaired) electrons. The van der Waals surface area contributed by atoms with Crippen molar-refractivity contribution < 1.29 is 21.6 Å². The lowest BCUT2D eigenvalue weighted by Gasteiger charge is -2.23. The predicted octanol–water partition coefficient (Wildman–Crippen LogP) is 2.37. The number of nitrogens with zero attached hydrogens (tertiary/aromatic N) is 1.